The van der Waals surface area contributed by atoms with Gasteiger partial charge in [-0.15, -0.1) is 0 Å². The van der Waals surface area contributed by atoms with Crippen LogP contribution in [0.3, 0.4) is 0 Å². The first kappa shape index (κ1) is 5.18. The van der Waals surface area contributed by atoms with Crippen molar-refractivity contribution in [2.75, 3.05) is 0 Å². The van der Waals surface area contributed by atoms with E-state index >= 15 is 0 Å². The summed E-state index contributed by atoms with van der Waals surface area (Å²) in [6.07, 6.45) is 7.66. The molecule has 2 heterocycles. The Morgan fingerprint density at radius 1 is 1.78 bits per heavy atom. The second-order valence-corrected chi connectivity index (χ2v) is 2.55. The van der Waals surface area contributed by atoms with Crippen LogP contribution in [0.25, 0.3) is 0 Å². The minimum absolute atomic E-state index is 0.200. The Morgan fingerprint density at radius 3 is 2.89 bits per heavy atom. The third kappa shape index (κ3) is 0.566. The summed E-state index contributed by atoms with van der Waals surface area (Å²) < 4.78 is 5.27. The summed E-state index contributed by atoms with van der Waals surface area (Å²) in [7, 11) is 0. The van der Waals surface area contributed by atoms with Crippen molar-refractivity contribution in [1.29, 1.82) is 0 Å². The van der Waals surface area contributed by atoms with Crippen molar-refractivity contribution in [3.63, 3.8) is 0 Å². The van der Waals surface area contributed by atoms with E-state index in [2.05, 4.69) is 0 Å². The Labute approximate surface area is 53.5 Å². The highest BCUT2D eigenvalue weighted by molar-refractivity contribution is 5.69. The molecule has 2 atom stereocenters. The zero-order chi connectivity index (χ0) is 6.32. The van der Waals surface area contributed by atoms with Gasteiger partial charge in [-0.05, 0) is 18.9 Å². The largest absolute Gasteiger partial charge is 0.355 e. The molecular formula is C7H7O2. The van der Waals surface area contributed by atoms with Crippen LogP contribution in [0.1, 0.15) is 12.8 Å². The first-order chi connectivity index (χ1) is 4.35. The number of carbonyl (C=O) groups excluding carboxylic acids is 1. The Hall–Kier alpha value is -0.630. The quantitative estimate of drug-likeness (QED) is 0.477. The molecule has 1 radical (unpaired) electrons. The molecule has 2 nitrogen and oxygen atoms in total. The fraction of sp³-hybridized carbons (Fsp3) is 0.571. The minimum atomic E-state index is -0.634. The van der Waals surface area contributed by atoms with Gasteiger partial charge in [0.25, 0.3) is 0 Å². The van der Waals surface area contributed by atoms with Gasteiger partial charge in [-0.25, -0.2) is 0 Å². The molecule has 2 heteroatoms. The molecule has 2 aliphatic rings. The lowest BCUT2D eigenvalue weighted by atomic mass is 9.97. The van der Waals surface area contributed by atoms with E-state index in [1.165, 1.54) is 0 Å². The molecule has 0 aliphatic carbocycles. The highest BCUT2D eigenvalue weighted by Gasteiger charge is 2.42. The van der Waals surface area contributed by atoms with E-state index in [-0.39, 0.29) is 6.10 Å². The normalized spacial score (nSPS) is 46.0. The van der Waals surface area contributed by atoms with E-state index in [9.17, 15) is 4.79 Å². The van der Waals surface area contributed by atoms with Crippen LogP contribution in [-0.4, -0.2) is 18.0 Å². The third-order valence-corrected chi connectivity index (χ3v) is 1.91. The van der Waals surface area contributed by atoms with Crippen LogP contribution in [0, 0.1) is 0 Å². The zero-order valence-electron chi connectivity index (χ0n) is 4.96. The molecule has 2 unspecified atom stereocenters. The molecule has 1 saturated heterocycles. The standard InChI is InChI=1S/C7H7O2/c8-5-7-3-1-6(9-7)2-4-7/h1,3,6H,2,4H2. The lowest BCUT2D eigenvalue weighted by Gasteiger charge is -2.10. The topological polar surface area (TPSA) is 26.3 Å². The van der Waals surface area contributed by atoms with E-state index < -0.39 is 5.60 Å². The maximum atomic E-state index is 10.3. The van der Waals surface area contributed by atoms with Gasteiger partial charge in [-0.1, -0.05) is 6.08 Å². The SMILES string of the molecule is O=[C]C12C=CC(CC1)O2. The predicted molar refractivity (Wildman–Crippen MR) is 31.7 cm³/mol. The van der Waals surface area contributed by atoms with Crippen LogP contribution in [0.15, 0.2) is 12.2 Å². The maximum Gasteiger partial charge on any atom is 0.237 e. The Balaban J connectivity index is 2.33. The maximum absolute atomic E-state index is 10.3. The first-order valence-electron chi connectivity index (χ1n) is 3.11. The molecule has 2 aliphatic heterocycles. The Morgan fingerprint density at radius 2 is 2.67 bits per heavy atom. The van der Waals surface area contributed by atoms with Crippen LogP contribution in [0.2, 0.25) is 0 Å². The van der Waals surface area contributed by atoms with E-state index in [0.717, 1.165) is 12.8 Å². The van der Waals surface area contributed by atoms with Gasteiger partial charge in [-0.2, -0.15) is 0 Å². The summed E-state index contributed by atoms with van der Waals surface area (Å²) in [5, 5.41) is 0. The number of rotatable bonds is 1. The van der Waals surface area contributed by atoms with Crippen molar-refractivity contribution < 1.29 is 9.53 Å². The summed E-state index contributed by atoms with van der Waals surface area (Å²) in [4.78, 5) is 10.3. The van der Waals surface area contributed by atoms with Crippen molar-refractivity contribution in [3.05, 3.63) is 12.2 Å². The minimum Gasteiger partial charge on any atom is -0.355 e. The Kier molecular flexibility index (Phi) is 0.833. The van der Waals surface area contributed by atoms with Crippen molar-refractivity contribution in [1.82, 2.24) is 0 Å². The van der Waals surface area contributed by atoms with Crippen LogP contribution in [0.5, 0.6) is 0 Å². The smallest absolute Gasteiger partial charge is 0.237 e. The predicted octanol–water partition coefficient (Wildman–Crippen LogP) is 0.584. The number of ether oxygens (including phenoxy) is 1. The van der Waals surface area contributed by atoms with Gasteiger partial charge in [-0.3, -0.25) is 4.79 Å². The molecule has 0 aromatic carbocycles. The Bertz CT molecular complexity index is 174. The van der Waals surface area contributed by atoms with Crippen LogP contribution in [0.4, 0.5) is 0 Å². The van der Waals surface area contributed by atoms with Gasteiger partial charge >= 0.3 is 0 Å². The monoisotopic (exact) mass is 123 g/mol. The number of hydrogen-bond donors (Lipinski definition) is 0. The summed E-state index contributed by atoms with van der Waals surface area (Å²) in [5.41, 5.74) is -0.634. The van der Waals surface area contributed by atoms with Crippen molar-refractivity contribution in [2.24, 2.45) is 0 Å². The molecule has 47 valence electrons. The summed E-state index contributed by atoms with van der Waals surface area (Å²) in [6, 6.07) is 0. The van der Waals surface area contributed by atoms with E-state index in [1.54, 1.807) is 0 Å². The second-order valence-electron chi connectivity index (χ2n) is 2.55. The molecule has 9 heavy (non-hydrogen) atoms. The fourth-order valence-corrected chi connectivity index (χ4v) is 1.37. The van der Waals surface area contributed by atoms with E-state index in [0.29, 0.717) is 0 Å². The molecule has 0 spiro atoms. The molecule has 0 N–H and O–H groups in total. The third-order valence-electron chi connectivity index (χ3n) is 1.91. The number of hydrogen-bond acceptors (Lipinski definition) is 2. The molecule has 1 fully saturated rings. The first-order valence-corrected chi connectivity index (χ1v) is 3.11. The molecule has 0 amide bonds. The van der Waals surface area contributed by atoms with Gasteiger partial charge in [0.15, 0.2) is 5.60 Å². The van der Waals surface area contributed by atoms with Gasteiger partial charge < -0.3 is 4.74 Å². The lowest BCUT2D eigenvalue weighted by molar-refractivity contribution is 0.0793. The van der Waals surface area contributed by atoms with Crippen molar-refractivity contribution in [3.8, 4) is 0 Å². The van der Waals surface area contributed by atoms with Gasteiger partial charge in [0.2, 0.25) is 6.29 Å². The average Bonchev–Trinajstić information content (AvgIpc) is 2.46. The molecule has 2 rings (SSSR count). The summed E-state index contributed by atoms with van der Waals surface area (Å²) in [6.45, 7) is 0. The summed E-state index contributed by atoms with van der Waals surface area (Å²) in [5.74, 6) is 0. The molecule has 0 aromatic rings. The van der Waals surface area contributed by atoms with Gasteiger partial charge in [0, 0.05) is 0 Å². The van der Waals surface area contributed by atoms with Gasteiger partial charge in [0.1, 0.15) is 0 Å². The van der Waals surface area contributed by atoms with Crippen LogP contribution >= 0.6 is 0 Å². The zero-order valence-corrected chi connectivity index (χ0v) is 4.96. The average molecular weight is 123 g/mol. The van der Waals surface area contributed by atoms with E-state index in [4.69, 9.17) is 4.74 Å². The lowest BCUT2D eigenvalue weighted by Crippen LogP contribution is -2.23. The molecule has 2 bridgehead atoms. The van der Waals surface area contributed by atoms with Crippen molar-refractivity contribution >= 4 is 6.29 Å². The van der Waals surface area contributed by atoms with Crippen LogP contribution in [-0.2, 0) is 9.53 Å². The molecule has 0 saturated carbocycles. The highest BCUT2D eigenvalue weighted by atomic mass is 16.5. The summed E-state index contributed by atoms with van der Waals surface area (Å²) >= 11 is 0. The van der Waals surface area contributed by atoms with Gasteiger partial charge in [0.05, 0.1) is 6.10 Å². The highest BCUT2D eigenvalue weighted by Crippen LogP contribution is 2.36. The fourth-order valence-electron chi connectivity index (χ4n) is 1.37. The second kappa shape index (κ2) is 1.45. The number of fused-ring (bicyclic) bond motifs is 2. The van der Waals surface area contributed by atoms with E-state index in [1.807, 2.05) is 18.4 Å². The van der Waals surface area contributed by atoms with Crippen molar-refractivity contribution in [2.45, 2.75) is 24.5 Å². The van der Waals surface area contributed by atoms with Crippen LogP contribution < -0.4 is 0 Å². The molecule has 0 aromatic heterocycles. The molecular weight excluding hydrogens is 116 g/mol.